The predicted octanol–water partition coefficient (Wildman–Crippen LogP) is 7.38. The number of rotatable bonds is 21. The molecule has 3 fully saturated rings. The minimum absolute atomic E-state index is 0.101. The average molecular weight is 727 g/mol. The molecule has 50 heavy (non-hydrogen) atoms. The van der Waals surface area contributed by atoms with E-state index in [1.54, 1.807) is 9.96 Å². The van der Waals surface area contributed by atoms with Gasteiger partial charge in [-0.05, 0) is 84.5 Å². The molecule has 286 valence electrons. The largest absolute Gasteiger partial charge is 0.444 e. The third-order valence-electron chi connectivity index (χ3n) is 10.1. The lowest BCUT2D eigenvalue weighted by molar-refractivity contribution is -0.172. The molecule has 1 aliphatic carbocycles. The molecule has 1 aromatic heterocycles. The molecule has 0 radical (unpaired) electrons. The summed E-state index contributed by atoms with van der Waals surface area (Å²) in [7, 11) is -4.60. The van der Waals surface area contributed by atoms with Crippen molar-refractivity contribution in [3.63, 3.8) is 0 Å². The van der Waals surface area contributed by atoms with Crippen molar-refractivity contribution in [3.8, 4) is 0 Å². The lowest BCUT2D eigenvalue weighted by Gasteiger charge is -2.43. The Morgan fingerprint density at radius 1 is 0.980 bits per heavy atom. The monoisotopic (exact) mass is 726 g/mol. The molecule has 3 heterocycles. The van der Waals surface area contributed by atoms with E-state index in [-0.39, 0.29) is 12.6 Å². The highest BCUT2D eigenvalue weighted by atomic mass is 32.3. The number of urea groups is 1. The van der Waals surface area contributed by atoms with Crippen molar-refractivity contribution >= 4 is 22.5 Å². The van der Waals surface area contributed by atoms with Crippen LogP contribution in [0.1, 0.15) is 163 Å². The quantitative estimate of drug-likeness (QED) is 0.126. The summed E-state index contributed by atoms with van der Waals surface area (Å²) in [6.07, 6.45) is 12.8. The van der Waals surface area contributed by atoms with E-state index < -0.39 is 45.7 Å². The minimum atomic E-state index is -4.60. The van der Waals surface area contributed by atoms with Crippen LogP contribution in [0.3, 0.4) is 0 Å². The second kappa shape index (κ2) is 17.8. The third-order valence-corrected chi connectivity index (χ3v) is 10.8. The van der Waals surface area contributed by atoms with Gasteiger partial charge < -0.3 is 19.4 Å². The van der Waals surface area contributed by atoms with Gasteiger partial charge in [0.1, 0.15) is 11.6 Å². The molecule has 2 atom stereocenters. The van der Waals surface area contributed by atoms with Crippen LogP contribution in [0.2, 0.25) is 0 Å². The van der Waals surface area contributed by atoms with Gasteiger partial charge >= 0.3 is 22.5 Å². The topological polar surface area (TPSA) is 157 Å². The molecule has 1 saturated carbocycles. The Bertz CT molecular complexity index is 1340. The number of ether oxygens (including phenoxy) is 1. The second-order valence-corrected chi connectivity index (χ2v) is 16.6. The van der Waals surface area contributed by atoms with E-state index in [1.807, 2.05) is 20.8 Å². The number of aryl methyl sites for hydroxylation is 1. The number of carbonyl (C=O) groups is 2. The normalized spacial score (nSPS) is 22.7. The number of nitrogens with zero attached hydrogens (tertiary/aromatic N) is 5. The Labute approximate surface area is 299 Å². The molecule has 3 aliphatic rings. The van der Waals surface area contributed by atoms with Crippen LogP contribution in [0.5, 0.6) is 0 Å². The van der Waals surface area contributed by atoms with Gasteiger partial charge in [0.15, 0.2) is 0 Å². The molecule has 2 saturated heterocycles. The number of piperidine rings is 1. The van der Waals surface area contributed by atoms with E-state index in [0.717, 1.165) is 88.5 Å². The summed E-state index contributed by atoms with van der Waals surface area (Å²) >= 11 is 0. The van der Waals surface area contributed by atoms with Crippen molar-refractivity contribution in [1.29, 1.82) is 0 Å². The number of hydrogen-bond acceptors (Lipinski definition) is 11. The molecule has 2 bridgehead atoms. The zero-order chi connectivity index (χ0) is 36.5. The van der Waals surface area contributed by atoms with Crippen LogP contribution >= 0.6 is 0 Å². The van der Waals surface area contributed by atoms with E-state index in [9.17, 15) is 18.0 Å². The number of fused-ring (bicyclic) bond motifs is 2. The predicted molar refractivity (Wildman–Crippen MR) is 188 cm³/mol. The summed E-state index contributed by atoms with van der Waals surface area (Å²) < 4.78 is 49.8. The zero-order valence-electron chi connectivity index (χ0n) is 31.4. The molecule has 1 N–H and O–H groups in total. The molecule has 15 heteroatoms. The first kappa shape index (κ1) is 40.3. The van der Waals surface area contributed by atoms with Gasteiger partial charge in [0.05, 0.1) is 6.04 Å². The number of hydrogen-bond donors (Lipinski definition) is 1. The van der Waals surface area contributed by atoms with E-state index in [2.05, 4.69) is 43.2 Å². The van der Waals surface area contributed by atoms with Crippen LogP contribution in [0.15, 0.2) is 4.42 Å². The molecular weight excluding hydrogens is 664 g/mol. The van der Waals surface area contributed by atoms with Crippen LogP contribution < -0.4 is 5.32 Å². The van der Waals surface area contributed by atoms with Crippen molar-refractivity contribution in [2.45, 2.75) is 180 Å². The maximum atomic E-state index is 13.6. The van der Waals surface area contributed by atoms with Crippen LogP contribution in [0.25, 0.3) is 0 Å². The molecule has 2 aliphatic heterocycles. The summed E-state index contributed by atoms with van der Waals surface area (Å²) in [6, 6.07) is -1.36. The molecule has 14 nitrogen and oxygen atoms in total. The van der Waals surface area contributed by atoms with Crippen molar-refractivity contribution in [3.05, 3.63) is 11.8 Å². The Balaban J connectivity index is 1.34. The maximum Gasteiger partial charge on any atom is 0.437 e. The lowest BCUT2D eigenvalue weighted by atomic mass is 9.77. The molecule has 4 rings (SSSR count). The van der Waals surface area contributed by atoms with Crippen molar-refractivity contribution in [2.24, 2.45) is 5.92 Å². The summed E-state index contributed by atoms with van der Waals surface area (Å²) in [5.74, 6) is 1.27. The van der Waals surface area contributed by atoms with Gasteiger partial charge in [0.2, 0.25) is 11.8 Å². The average Bonchev–Trinajstić information content (AvgIpc) is 3.59. The molecule has 1 aromatic rings. The van der Waals surface area contributed by atoms with Crippen LogP contribution in [0, 0.1) is 5.92 Å². The first-order valence-corrected chi connectivity index (χ1v) is 20.4. The standard InChI is InChI=1S/C35H62N6O8S/c1-8-12-20-35(19-11-4,21-13-9-2)40(22-14-10-3)48-50(44,45)49-41-28-16-17-29(39(25-28)33(41)43)31-38-37-30(46-31)18-15-26-23-27(24-26)36-32(42)47-34(5,6)7/h26-29H,8-25H2,1-7H3,(H,36,42)/t26?,27?,28-,29-/m0/s1. The van der Waals surface area contributed by atoms with Gasteiger partial charge in [0, 0.05) is 31.1 Å². The number of hydroxylamine groups is 4. The van der Waals surface area contributed by atoms with Crippen molar-refractivity contribution < 1.29 is 35.7 Å². The highest BCUT2D eigenvalue weighted by Crippen LogP contribution is 2.40. The van der Waals surface area contributed by atoms with E-state index in [4.69, 9.17) is 17.7 Å². The molecule has 0 unspecified atom stereocenters. The van der Waals surface area contributed by atoms with Gasteiger partial charge in [-0.3, -0.25) is 0 Å². The van der Waals surface area contributed by atoms with Gasteiger partial charge in [-0.25, -0.2) is 9.59 Å². The lowest BCUT2D eigenvalue weighted by Crippen LogP contribution is -2.51. The second-order valence-electron chi connectivity index (χ2n) is 15.5. The molecule has 0 aromatic carbocycles. The summed E-state index contributed by atoms with van der Waals surface area (Å²) in [4.78, 5) is 27.2. The number of aromatic nitrogens is 2. The Hall–Kier alpha value is -2.49. The fourth-order valence-electron chi connectivity index (χ4n) is 7.48. The summed E-state index contributed by atoms with van der Waals surface area (Å²) in [5, 5.41) is 14.1. The van der Waals surface area contributed by atoms with Crippen LogP contribution in [-0.4, -0.2) is 82.1 Å². The number of nitrogens with one attached hydrogen (secondary N) is 1. The van der Waals surface area contributed by atoms with Gasteiger partial charge in [0.25, 0.3) is 0 Å². The number of alkyl carbamates (subject to hydrolysis) is 1. The number of amides is 3. The molecule has 0 spiro atoms. The van der Waals surface area contributed by atoms with Crippen LogP contribution in [0.4, 0.5) is 9.59 Å². The Morgan fingerprint density at radius 3 is 2.28 bits per heavy atom. The summed E-state index contributed by atoms with van der Waals surface area (Å²) in [5.41, 5.74) is -0.961. The SMILES string of the molecule is CCCCN(OS(=O)(=O)ON1C(=O)N2C[C@@H]1CC[C@H]2c1nnc(CCC2CC(NC(=O)OC(C)(C)C)C2)o1)C(CCC)(CCCC)CCCC. The number of carbonyl (C=O) groups excluding carboxylic acids is 2. The fraction of sp³-hybridized carbons (Fsp3) is 0.886. The minimum Gasteiger partial charge on any atom is -0.444 e. The van der Waals surface area contributed by atoms with Crippen LogP contribution in [-0.2, 0) is 30.1 Å². The van der Waals surface area contributed by atoms with Gasteiger partial charge in [-0.2, -0.15) is 22.8 Å². The van der Waals surface area contributed by atoms with E-state index >= 15 is 0 Å². The first-order valence-electron chi connectivity index (χ1n) is 19.1. The summed E-state index contributed by atoms with van der Waals surface area (Å²) in [6.45, 7) is 14.7. The maximum absolute atomic E-state index is 13.6. The molecular formula is C35H62N6O8S. The van der Waals surface area contributed by atoms with E-state index in [0.29, 0.717) is 43.5 Å². The van der Waals surface area contributed by atoms with Crippen molar-refractivity contribution in [2.75, 3.05) is 13.1 Å². The van der Waals surface area contributed by atoms with Gasteiger partial charge in [-0.15, -0.1) is 14.5 Å². The Morgan fingerprint density at radius 2 is 1.66 bits per heavy atom. The highest BCUT2D eigenvalue weighted by molar-refractivity contribution is 7.81. The van der Waals surface area contributed by atoms with E-state index in [1.165, 1.54) is 0 Å². The van der Waals surface area contributed by atoms with Crippen molar-refractivity contribution in [1.82, 2.24) is 30.5 Å². The molecule has 3 amide bonds. The first-order chi connectivity index (χ1) is 23.7. The number of unbranched alkanes of at least 4 members (excludes halogenated alkanes) is 3. The third kappa shape index (κ3) is 10.8. The smallest absolute Gasteiger partial charge is 0.437 e. The Kier molecular flexibility index (Phi) is 14.4. The zero-order valence-corrected chi connectivity index (χ0v) is 32.3. The fourth-order valence-corrected chi connectivity index (χ4v) is 8.35. The highest BCUT2D eigenvalue weighted by Gasteiger charge is 2.50. The van der Waals surface area contributed by atoms with Gasteiger partial charge in [-0.1, -0.05) is 66.2 Å².